The van der Waals surface area contributed by atoms with Gasteiger partial charge in [-0.15, -0.1) is 0 Å². The Morgan fingerprint density at radius 3 is 2.73 bits per heavy atom. The lowest BCUT2D eigenvalue weighted by Crippen LogP contribution is -2.41. The molecule has 1 saturated heterocycles. The molecule has 2 aliphatic heterocycles. The van der Waals surface area contributed by atoms with Gasteiger partial charge in [-0.2, -0.15) is 5.10 Å². The minimum absolute atomic E-state index is 0.0225. The van der Waals surface area contributed by atoms with Crippen molar-refractivity contribution in [3.63, 3.8) is 0 Å². The lowest BCUT2D eigenvalue weighted by molar-refractivity contribution is 0.0150. The highest BCUT2D eigenvalue weighted by Crippen LogP contribution is 2.38. The van der Waals surface area contributed by atoms with Crippen LogP contribution in [0.4, 0.5) is 0 Å². The Kier molecular flexibility index (Phi) is 6.56. The fourth-order valence-electron chi connectivity index (χ4n) is 5.18. The van der Waals surface area contributed by atoms with Crippen LogP contribution in [-0.2, 0) is 30.5 Å². The van der Waals surface area contributed by atoms with Crippen LogP contribution in [0, 0.1) is 10.8 Å². The summed E-state index contributed by atoms with van der Waals surface area (Å²) >= 11 is 6.41. The number of ether oxygens (including phenoxy) is 1. The van der Waals surface area contributed by atoms with Crippen LogP contribution in [0.2, 0.25) is 5.02 Å². The van der Waals surface area contributed by atoms with E-state index in [2.05, 4.69) is 19.2 Å². The monoisotopic (exact) mass is 473 g/mol. The van der Waals surface area contributed by atoms with Crippen LogP contribution in [-0.4, -0.2) is 46.5 Å². The first-order valence-corrected chi connectivity index (χ1v) is 12.0. The van der Waals surface area contributed by atoms with Gasteiger partial charge in [0, 0.05) is 31.3 Å². The van der Waals surface area contributed by atoms with Gasteiger partial charge in [-0.3, -0.25) is 9.48 Å². The molecule has 8 heteroatoms. The van der Waals surface area contributed by atoms with E-state index < -0.39 is 5.97 Å². The fourth-order valence-corrected chi connectivity index (χ4v) is 5.42. The Labute approximate surface area is 199 Å². The molecule has 4 rings (SSSR count). The van der Waals surface area contributed by atoms with Crippen LogP contribution in [0.25, 0.3) is 0 Å². The van der Waals surface area contributed by atoms with Crippen LogP contribution < -0.4 is 5.32 Å². The minimum atomic E-state index is -0.984. The van der Waals surface area contributed by atoms with Crippen molar-refractivity contribution in [2.75, 3.05) is 19.8 Å². The van der Waals surface area contributed by atoms with Crippen LogP contribution in [0.15, 0.2) is 18.2 Å². The van der Waals surface area contributed by atoms with Gasteiger partial charge < -0.3 is 15.2 Å². The number of carboxylic acid groups (broad SMARTS) is 1. The van der Waals surface area contributed by atoms with Gasteiger partial charge in [0.25, 0.3) is 5.91 Å². The summed E-state index contributed by atoms with van der Waals surface area (Å²) in [5.41, 5.74) is 2.99. The summed E-state index contributed by atoms with van der Waals surface area (Å²) in [5.74, 6) is -1.03. The van der Waals surface area contributed by atoms with Gasteiger partial charge in [0.05, 0.1) is 22.5 Å². The first kappa shape index (κ1) is 23.8. The number of fused-ring (bicyclic) bond motifs is 1. The van der Waals surface area contributed by atoms with E-state index in [1.54, 1.807) is 18.2 Å². The van der Waals surface area contributed by atoms with E-state index in [0.717, 1.165) is 30.7 Å². The zero-order chi connectivity index (χ0) is 23.8. The second-order valence-corrected chi connectivity index (χ2v) is 10.6. The highest BCUT2D eigenvalue weighted by atomic mass is 35.5. The van der Waals surface area contributed by atoms with Gasteiger partial charge in [0.2, 0.25) is 0 Å². The maximum atomic E-state index is 13.1. The number of hydrogen-bond donors (Lipinski definition) is 2. The Morgan fingerprint density at radius 2 is 2.06 bits per heavy atom. The van der Waals surface area contributed by atoms with E-state index in [4.69, 9.17) is 21.4 Å². The van der Waals surface area contributed by atoms with Crippen LogP contribution >= 0.6 is 11.6 Å². The number of halogens is 1. The van der Waals surface area contributed by atoms with Crippen molar-refractivity contribution < 1.29 is 19.4 Å². The summed E-state index contributed by atoms with van der Waals surface area (Å²) in [5, 5.41) is 18.1. The molecule has 0 atom stereocenters. The molecule has 0 radical (unpaired) electrons. The molecule has 2 aliphatic rings. The number of aryl methyl sites for hydroxylation is 1. The second-order valence-electron chi connectivity index (χ2n) is 10.2. The van der Waals surface area contributed by atoms with Crippen molar-refractivity contribution in [2.24, 2.45) is 10.8 Å². The summed E-state index contributed by atoms with van der Waals surface area (Å²) in [6.45, 7) is 8.80. The molecule has 7 nitrogen and oxygen atoms in total. The largest absolute Gasteiger partial charge is 0.478 e. The third-order valence-corrected chi connectivity index (χ3v) is 7.35. The number of aromatic nitrogens is 2. The van der Waals surface area contributed by atoms with Crippen molar-refractivity contribution in [2.45, 2.75) is 59.4 Å². The predicted molar refractivity (Wildman–Crippen MR) is 126 cm³/mol. The van der Waals surface area contributed by atoms with Crippen LogP contribution in [0.1, 0.15) is 71.3 Å². The molecule has 0 aliphatic carbocycles. The number of nitrogens with one attached hydrogen (secondary N) is 1. The van der Waals surface area contributed by atoms with Crippen molar-refractivity contribution in [1.29, 1.82) is 0 Å². The van der Waals surface area contributed by atoms with Crippen molar-refractivity contribution in [1.82, 2.24) is 15.1 Å². The number of carboxylic acids is 1. The molecule has 33 heavy (non-hydrogen) atoms. The average molecular weight is 474 g/mol. The molecule has 2 N–H and O–H groups in total. The molecule has 1 amide bonds. The Balaban J connectivity index is 1.69. The molecule has 3 heterocycles. The lowest BCUT2D eigenvalue weighted by atomic mass is 9.76. The van der Waals surface area contributed by atoms with Crippen LogP contribution in [0.5, 0.6) is 0 Å². The van der Waals surface area contributed by atoms with Crippen LogP contribution in [0.3, 0.4) is 0 Å². The Hall–Kier alpha value is -2.38. The molecule has 1 spiro atoms. The van der Waals surface area contributed by atoms with E-state index in [0.29, 0.717) is 55.3 Å². The number of carbonyl (C=O) groups is 2. The van der Waals surface area contributed by atoms with Gasteiger partial charge in [-0.05, 0) is 60.6 Å². The second kappa shape index (κ2) is 9.11. The quantitative estimate of drug-likeness (QED) is 0.657. The zero-order valence-electron chi connectivity index (χ0n) is 19.5. The SMILES string of the molecule is CCc1nn(CC(C)(C)Cc2c(Cl)cccc2C(=O)O)c2c1C(=O)NCC1(CCOCC1)C2. The summed E-state index contributed by atoms with van der Waals surface area (Å²) in [7, 11) is 0. The van der Waals surface area contributed by atoms with E-state index in [1.165, 1.54) is 0 Å². The third-order valence-electron chi connectivity index (χ3n) is 6.99. The number of nitrogens with zero attached hydrogens (tertiary/aromatic N) is 2. The van der Waals surface area contributed by atoms with Gasteiger partial charge in [-0.25, -0.2) is 4.79 Å². The van der Waals surface area contributed by atoms with Gasteiger partial charge >= 0.3 is 5.97 Å². The summed E-state index contributed by atoms with van der Waals surface area (Å²) in [6, 6.07) is 4.98. The number of aromatic carboxylic acids is 1. The first-order chi connectivity index (χ1) is 15.6. The molecular formula is C25H32ClN3O4. The maximum absolute atomic E-state index is 13.1. The Bertz CT molecular complexity index is 1070. The molecule has 1 aromatic carbocycles. The molecular weight excluding hydrogens is 442 g/mol. The average Bonchev–Trinajstić information content (AvgIpc) is 3.02. The normalized spacial score (nSPS) is 18.0. The summed E-state index contributed by atoms with van der Waals surface area (Å²) in [4.78, 5) is 24.8. The standard InChI is InChI=1S/C25H32ClN3O4/c1-4-19-21-20(13-25(14-27-22(21)30)8-10-33-11-9-25)29(28-19)15-24(2,3)12-17-16(23(31)32)6-5-7-18(17)26/h5-7H,4,8-15H2,1-3H3,(H,27,30)(H,31,32). The molecule has 2 aromatic rings. The van der Waals surface area contributed by atoms with E-state index in [-0.39, 0.29) is 22.3 Å². The van der Waals surface area contributed by atoms with Gasteiger partial charge in [0.15, 0.2) is 0 Å². The molecule has 0 unspecified atom stereocenters. The third kappa shape index (κ3) is 4.80. The smallest absolute Gasteiger partial charge is 0.336 e. The predicted octanol–water partition coefficient (Wildman–Crippen LogP) is 4.15. The van der Waals surface area contributed by atoms with Gasteiger partial charge in [-0.1, -0.05) is 38.4 Å². The van der Waals surface area contributed by atoms with Crippen molar-refractivity contribution in [3.8, 4) is 0 Å². The topological polar surface area (TPSA) is 93.5 Å². The number of amides is 1. The molecule has 0 bridgehead atoms. The molecule has 178 valence electrons. The molecule has 1 fully saturated rings. The highest BCUT2D eigenvalue weighted by molar-refractivity contribution is 6.31. The number of hydrogen-bond acceptors (Lipinski definition) is 4. The van der Waals surface area contributed by atoms with Crippen molar-refractivity contribution in [3.05, 3.63) is 51.3 Å². The summed E-state index contributed by atoms with van der Waals surface area (Å²) in [6.07, 6.45) is 3.75. The lowest BCUT2D eigenvalue weighted by Gasteiger charge is -2.36. The number of rotatable bonds is 6. The van der Waals surface area contributed by atoms with E-state index in [1.807, 2.05) is 11.6 Å². The summed E-state index contributed by atoms with van der Waals surface area (Å²) < 4.78 is 7.60. The van der Waals surface area contributed by atoms with Gasteiger partial charge in [0.1, 0.15) is 0 Å². The number of benzene rings is 1. The Morgan fingerprint density at radius 1 is 1.33 bits per heavy atom. The van der Waals surface area contributed by atoms with E-state index in [9.17, 15) is 14.7 Å². The first-order valence-electron chi connectivity index (χ1n) is 11.6. The zero-order valence-corrected chi connectivity index (χ0v) is 20.3. The van der Waals surface area contributed by atoms with Crippen molar-refractivity contribution >= 4 is 23.5 Å². The number of carbonyl (C=O) groups excluding carboxylic acids is 1. The molecule has 1 aromatic heterocycles. The molecule has 0 saturated carbocycles. The minimum Gasteiger partial charge on any atom is -0.478 e. The highest BCUT2D eigenvalue weighted by Gasteiger charge is 2.40. The maximum Gasteiger partial charge on any atom is 0.336 e. The fraction of sp³-hybridized carbons (Fsp3) is 0.560. The van der Waals surface area contributed by atoms with E-state index >= 15 is 0 Å².